The van der Waals surface area contributed by atoms with Crippen molar-refractivity contribution >= 4 is 57.0 Å². The van der Waals surface area contributed by atoms with Crippen molar-refractivity contribution in [1.82, 2.24) is 20.6 Å². The SMILES string of the molecule is O=C(CNC(=O)c1cc(O)cc(Nc2ncc(C3Cc4ccccc4-c4ccc5c(c43)CC=CC5)c(O)n2)c1)NC(Br)C(O)(C(=O)O)c1cccc(Cl)c1. The maximum absolute atomic E-state index is 13.0. The van der Waals surface area contributed by atoms with Crippen LogP contribution in [0.5, 0.6) is 11.6 Å². The molecular formula is C40H33BrClN5O7. The molecule has 274 valence electrons. The van der Waals surface area contributed by atoms with Gasteiger partial charge in [0.05, 0.1) is 6.54 Å². The molecule has 0 saturated carbocycles. The number of phenolic OH excluding ortho intramolecular Hbond substituents is 1. The molecule has 12 nitrogen and oxygen atoms in total. The van der Waals surface area contributed by atoms with Gasteiger partial charge in [-0.3, -0.25) is 9.59 Å². The van der Waals surface area contributed by atoms with E-state index >= 15 is 0 Å². The molecule has 3 unspecified atom stereocenters. The molecule has 2 aliphatic carbocycles. The number of carbonyl (C=O) groups is 3. The number of carboxylic acid groups (broad SMARTS) is 1. The first kappa shape index (κ1) is 36.6. The Morgan fingerprint density at radius 3 is 2.52 bits per heavy atom. The molecule has 14 heteroatoms. The Balaban J connectivity index is 1.05. The maximum Gasteiger partial charge on any atom is 0.343 e. The van der Waals surface area contributed by atoms with Crippen LogP contribution in [0.1, 0.15) is 49.7 Å². The molecule has 5 aromatic rings. The van der Waals surface area contributed by atoms with Gasteiger partial charge in [0.2, 0.25) is 23.3 Å². The average Bonchev–Trinajstić information content (AvgIpc) is 3.15. The number of amides is 2. The summed E-state index contributed by atoms with van der Waals surface area (Å²) in [6.07, 6.45) is 8.24. The zero-order chi connectivity index (χ0) is 38.1. The number of carboxylic acids is 1. The fourth-order valence-electron chi connectivity index (χ4n) is 7.03. The highest BCUT2D eigenvalue weighted by atomic mass is 79.9. The smallest absolute Gasteiger partial charge is 0.343 e. The van der Waals surface area contributed by atoms with Gasteiger partial charge in [0.15, 0.2) is 0 Å². The summed E-state index contributed by atoms with van der Waals surface area (Å²) in [5.74, 6) is -3.86. The summed E-state index contributed by atoms with van der Waals surface area (Å²) in [5.41, 5.74) is 5.25. The Kier molecular flexibility index (Phi) is 10.1. The number of hydrogen-bond donors (Lipinski definition) is 7. The van der Waals surface area contributed by atoms with Gasteiger partial charge in [0, 0.05) is 40.0 Å². The van der Waals surface area contributed by atoms with Gasteiger partial charge in [-0.2, -0.15) is 4.98 Å². The second-order valence-corrected chi connectivity index (χ2v) is 14.4. The molecule has 7 N–H and O–H groups in total. The van der Waals surface area contributed by atoms with Gasteiger partial charge in [-0.15, -0.1) is 0 Å². The van der Waals surface area contributed by atoms with Crippen LogP contribution in [0, 0.1) is 0 Å². The Bertz CT molecular complexity index is 2350. The molecule has 4 aromatic carbocycles. The van der Waals surface area contributed by atoms with E-state index in [1.165, 1.54) is 59.2 Å². The zero-order valence-corrected chi connectivity index (χ0v) is 30.7. The van der Waals surface area contributed by atoms with Crippen molar-refractivity contribution in [2.45, 2.75) is 35.7 Å². The van der Waals surface area contributed by atoms with Crippen LogP contribution in [-0.2, 0) is 34.5 Å². The Morgan fingerprint density at radius 2 is 1.74 bits per heavy atom. The maximum atomic E-state index is 13.0. The Morgan fingerprint density at radius 1 is 0.944 bits per heavy atom. The molecule has 1 aromatic heterocycles. The van der Waals surface area contributed by atoms with Crippen LogP contribution in [0.2, 0.25) is 5.02 Å². The number of hydrogen-bond acceptors (Lipinski definition) is 9. The summed E-state index contributed by atoms with van der Waals surface area (Å²) in [4.78, 5) is 45.1. The van der Waals surface area contributed by atoms with Crippen molar-refractivity contribution in [2.75, 3.05) is 11.9 Å². The number of carbonyl (C=O) groups excluding carboxylic acids is 2. The number of allylic oxidation sites excluding steroid dienone is 2. The van der Waals surface area contributed by atoms with Crippen molar-refractivity contribution in [3.63, 3.8) is 0 Å². The summed E-state index contributed by atoms with van der Waals surface area (Å²) in [7, 11) is 0. The lowest BCUT2D eigenvalue weighted by molar-refractivity contribution is -0.160. The van der Waals surface area contributed by atoms with E-state index in [1.807, 2.05) is 12.1 Å². The third-order valence-corrected chi connectivity index (χ3v) is 10.7. The summed E-state index contributed by atoms with van der Waals surface area (Å²) in [5, 5.41) is 50.4. The van der Waals surface area contributed by atoms with Gasteiger partial charge in [-0.25, -0.2) is 9.78 Å². The van der Waals surface area contributed by atoms with E-state index in [1.54, 1.807) is 6.20 Å². The van der Waals surface area contributed by atoms with Gasteiger partial charge < -0.3 is 36.4 Å². The van der Waals surface area contributed by atoms with Crippen molar-refractivity contribution in [3.8, 4) is 22.8 Å². The minimum Gasteiger partial charge on any atom is -0.508 e. The van der Waals surface area contributed by atoms with Gasteiger partial charge in [0.25, 0.3) is 5.91 Å². The van der Waals surface area contributed by atoms with Gasteiger partial charge in [-0.05, 0) is 82.5 Å². The van der Waals surface area contributed by atoms with E-state index in [-0.39, 0.29) is 45.3 Å². The molecule has 0 fully saturated rings. The summed E-state index contributed by atoms with van der Waals surface area (Å²) in [6, 6.07) is 22.1. The monoisotopic (exact) mass is 809 g/mol. The van der Waals surface area contributed by atoms with Crippen LogP contribution in [-0.4, -0.2) is 59.7 Å². The first-order chi connectivity index (χ1) is 25.9. The molecule has 2 aliphatic rings. The molecule has 1 heterocycles. The van der Waals surface area contributed by atoms with Crippen LogP contribution in [0.15, 0.2) is 97.2 Å². The van der Waals surface area contributed by atoms with Crippen LogP contribution in [0.4, 0.5) is 11.6 Å². The van der Waals surface area contributed by atoms with E-state index in [9.17, 15) is 34.8 Å². The molecule has 2 amide bonds. The van der Waals surface area contributed by atoms with E-state index in [0.717, 1.165) is 29.5 Å². The Hall–Kier alpha value is -5.76. The highest BCUT2D eigenvalue weighted by Crippen LogP contribution is 2.47. The van der Waals surface area contributed by atoms with Crippen molar-refractivity contribution < 1.29 is 34.8 Å². The van der Waals surface area contributed by atoms with Crippen molar-refractivity contribution in [1.29, 1.82) is 0 Å². The van der Waals surface area contributed by atoms with Crippen molar-refractivity contribution in [3.05, 3.63) is 141 Å². The Labute approximate surface area is 322 Å². The largest absolute Gasteiger partial charge is 0.508 e. The fraction of sp³-hybridized carbons (Fsp3) is 0.175. The fourth-order valence-corrected chi connectivity index (χ4v) is 7.94. The molecule has 3 atom stereocenters. The number of nitrogens with one attached hydrogen (secondary N) is 3. The lowest BCUT2D eigenvalue weighted by Crippen LogP contribution is -2.53. The first-order valence-electron chi connectivity index (χ1n) is 16.9. The number of aliphatic hydroxyl groups is 1. The number of benzene rings is 4. The lowest BCUT2D eigenvalue weighted by Gasteiger charge is -2.32. The number of aliphatic carboxylic acids is 1. The second kappa shape index (κ2) is 14.9. The quantitative estimate of drug-likeness (QED) is 0.0513. The number of aromatic hydroxyl groups is 2. The van der Waals surface area contributed by atoms with Crippen LogP contribution < -0.4 is 16.0 Å². The summed E-state index contributed by atoms with van der Waals surface area (Å²) >= 11 is 9.01. The molecule has 54 heavy (non-hydrogen) atoms. The number of rotatable bonds is 10. The van der Waals surface area contributed by atoms with Gasteiger partial charge >= 0.3 is 5.97 Å². The van der Waals surface area contributed by atoms with E-state index in [0.29, 0.717) is 12.0 Å². The molecule has 0 radical (unpaired) electrons. The number of halogens is 2. The molecule has 7 rings (SSSR count). The summed E-state index contributed by atoms with van der Waals surface area (Å²) < 4.78 is 0. The predicted molar refractivity (Wildman–Crippen MR) is 205 cm³/mol. The van der Waals surface area contributed by atoms with E-state index in [4.69, 9.17) is 11.6 Å². The minimum atomic E-state index is -2.59. The minimum absolute atomic E-state index is 0.0241. The molecule has 0 saturated heterocycles. The van der Waals surface area contributed by atoms with Gasteiger partial charge in [0.1, 0.15) is 10.7 Å². The van der Waals surface area contributed by atoms with Crippen LogP contribution in [0.25, 0.3) is 11.1 Å². The van der Waals surface area contributed by atoms with Crippen LogP contribution in [0.3, 0.4) is 0 Å². The first-order valence-corrected chi connectivity index (χ1v) is 18.2. The molecular weight excluding hydrogens is 778 g/mol. The van der Waals surface area contributed by atoms with Crippen LogP contribution >= 0.6 is 27.5 Å². The standard InChI is InChI=1S/C40H33BrClN5O7/c41-37(40(54,38(52)53)24-8-5-9-25(42)17-24)46-33(49)20-43-35(50)23-14-26(18-27(48)15-23)45-39-44-19-32(36(51)47-39)31-16-22-7-2-3-10-28(22)30-13-12-21-6-1-4-11-29(21)34(30)31/h1-5,7-10,12-15,17-19,31,37,48,54H,6,11,16,20H2,(H,43,50)(H,46,49)(H,52,53)(H2,44,45,47,51). The number of anilines is 2. The van der Waals surface area contributed by atoms with Gasteiger partial charge in [-0.1, -0.05) is 88.2 Å². The van der Waals surface area contributed by atoms with E-state index < -0.39 is 34.9 Å². The third kappa shape index (κ3) is 7.13. The highest BCUT2D eigenvalue weighted by Gasteiger charge is 2.46. The second-order valence-electron chi connectivity index (χ2n) is 13.0. The van der Waals surface area contributed by atoms with E-state index in [2.05, 4.69) is 78.3 Å². The third-order valence-electron chi connectivity index (χ3n) is 9.62. The number of phenols is 1. The zero-order valence-electron chi connectivity index (χ0n) is 28.4. The molecule has 0 spiro atoms. The molecule has 0 aliphatic heterocycles. The number of aromatic nitrogens is 2. The number of fused-ring (bicyclic) bond motifs is 5. The topological polar surface area (TPSA) is 194 Å². The van der Waals surface area contributed by atoms with Crippen molar-refractivity contribution in [2.24, 2.45) is 0 Å². The molecule has 0 bridgehead atoms. The highest BCUT2D eigenvalue weighted by molar-refractivity contribution is 9.09. The predicted octanol–water partition coefficient (Wildman–Crippen LogP) is 5.83. The normalized spacial score (nSPS) is 15.8. The number of alkyl halides is 1. The number of nitrogens with zero attached hydrogens (tertiary/aromatic N) is 2. The average molecular weight is 811 g/mol. The summed E-state index contributed by atoms with van der Waals surface area (Å²) in [6.45, 7) is -0.600. The lowest BCUT2D eigenvalue weighted by atomic mass is 9.72.